The highest BCUT2D eigenvalue weighted by Gasteiger charge is 2.22. The Bertz CT molecular complexity index is 810. The number of anilines is 1. The van der Waals surface area contributed by atoms with Crippen LogP contribution in [0.5, 0.6) is 0 Å². The van der Waals surface area contributed by atoms with Gasteiger partial charge < -0.3 is 19.9 Å². The number of aromatic amines is 1. The van der Waals surface area contributed by atoms with Crippen LogP contribution in [0.4, 0.5) is 5.69 Å². The number of nitrogens with one attached hydrogen (secondary N) is 3. The van der Waals surface area contributed by atoms with Gasteiger partial charge in [-0.25, -0.2) is 4.79 Å². The molecule has 2 heterocycles. The van der Waals surface area contributed by atoms with Gasteiger partial charge in [-0.15, -0.1) is 0 Å². The lowest BCUT2D eigenvalue weighted by molar-refractivity contribution is -0.905. The second-order valence-electron chi connectivity index (χ2n) is 7.04. The third kappa shape index (κ3) is 4.19. The van der Waals surface area contributed by atoms with Gasteiger partial charge in [0.05, 0.1) is 38.9 Å². The summed E-state index contributed by atoms with van der Waals surface area (Å²) >= 11 is 6.08. The molecule has 7 heteroatoms. The van der Waals surface area contributed by atoms with Gasteiger partial charge in [0, 0.05) is 15.9 Å². The van der Waals surface area contributed by atoms with Crippen molar-refractivity contribution in [3.8, 4) is 0 Å². The second-order valence-corrected chi connectivity index (χ2v) is 7.47. The molecule has 0 unspecified atom stereocenters. The zero-order valence-corrected chi connectivity index (χ0v) is 15.9. The Balaban J connectivity index is 1.73. The summed E-state index contributed by atoms with van der Waals surface area (Å²) in [5.41, 5.74) is 1.39. The first-order valence-corrected chi connectivity index (χ1v) is 9.38. The highest BCUT2D eigenvalue weighted by atomic mass is 35.5. The number of halogens is 1. The number of esters is 1. The number of methoxy groups -OCH3 is 1. The van der Waals surface area contributed by atoms with Crippen molar-refractivity contribution < 1.29 is 19.2 Å². The maximum Gasteiger partial charge on any atom is 0.356 e. The first kappa shape index (κ1) is 18.7. The molecule has 1 aliphatic heterocycles. The van der Waals surface area contributed by atoms with Crippen molar-refractivity contribution in [1.29, 1.82) is 0 Å². The van der Waals surface area contributed by atoms with E-state index in [-0.39, 0.29) is 11.6 Å². The molecule has 0 atom stereocenters. The van der Waals surface area contributed by atoms with Gasteiger partial charge in [-0.3, -0.25) is 4.79 Å². The molecule has 0 radical (unpaired) electrons. The van der Waals surface area contributed by atoms with Crippen LogP contribution in [0.3, 0.4) is 0 Å². The number of H-pyrrole nitrogens is 1. The zero-order chi connectivity index (χ0) is 18.7. The van der Waals surface area contributed by atoms with Crippen molar-refractivity contribution in [2.45, 2.75) is 26.2 Å². The third-order valence-corrected chi connectivity index (χ3v) is 5.34. The predicted octanol–water partition coefficient (Wildman–Crippen LogP) is 2.25. The first-order chi connectivity index (χ1) is 12.5. The molecule has 26 heavy (non-hydrogen) atoms. The molecule has 2 aromatic rings. The molecular formula is C19H25ClN3O3+. The number of piperidine rings is 1. The summed E-state index contributed by atoms with van der Waals surface area (Å²) in [6.07, 6.45) is 2.84. The van der Waals surface area contributed by atoms with Crippen LogP contribution >= 0.6 is 11.6 Å². The molecular weight excluding hydrogens is 354 g/mol. The molecule has 1 saturated heterocycles. The van der Waals surface area contributed by atoms with Gasteiger partial charge in [-0.05, 0) is 37.0 Å². The lowest BCUT2D eigenvalue weighted by Gasteiger charge is -2.27. The van der Waals surface area contributed by atoms with E-state index in [1.54, 1.807) is 18.2 Å². The van der Waals surface area contributed by atoms with Crippen LogP contribution in [0.15, 0.2) is 18.2 Å². The van der Waals surface area contributed by atoms with Gasteiger partial charge in [0.2, 0.25) is 5.91 Å². The smallest absolute Gasteiger partial charge is 0.356 e. The molecule has 1 aromatic heterocycles. The monoisotopic (exact) mass is 378 g/mol. The van der Waals surface area contributed by atoms with Crippen LogP contribution in [-0.4, -0.2) is 43.6 Å². The Hall–Kier alpha value is -2.05. The van der Waals surface area contributed by atoms with Crippen LogP contribution in [0.2, 0.25) is 5.02 Å². The normalized spacial score (nSPS) is 20.1. The van der Waals surface area contributed by atoms with Gasteiger partial charge >= 0.3 is 5.97 Å². The summed E-state index contributed by atoms with van der Waals surface area (Å²) in [7, 11) is 1.31. The SMILES string of the molecule is COC(=O)c1[nH]c2ccc(Cl)cc2c1NC(=O)CC[NH+]1CCC(C)CC1. The Morgan fingerprint density at radius 3 is 2.77 bits per heavy atom. The van der Waals surface area contributed by atoms with Crippen molar-refractivity contribution in [2.75, 3.05) is 32.1 Å². The number of likely N-dealkylation sites (tertiary alicyclic amines) is 1. The molecule has 1 amide bonds. The Morgan fingerprint density at radius 1 is 1.35 bits per heavy atom. The molecule has 0 saturated carbocycles. The van der Waals surface area contributed by atoms with E-state index in [0.29, 0.717) is 22.5 Å². The maximum absolute atomic E-state index is 12.5. The van der Waals surface area contributed by atoms with Crippen molar-refractivity contribution in [3.63, 3.8) is 0 Å². The van der Waals surface area contributed by atoms with Crippen molar-refractivity contribution >= 4 is 40.1 Å². The minimum absolute atomic E-state index is 0.109. The van der Waals surface area contributed by atoms with E-state index in [1.165, 1.54) is 24.9 Å². The van der Waals surface area contributed by atoms with Gasteiger partial charge in [0.1, 0.15) is 5.69 Å². The van der Waals surface area contributed by atoms with Crippen molar-refractivity contribution in [2.24, 2.45) is 5.92 Å². The number of carbonyl (C=O) groups excluding carboxylic acids is 2. The molecule has 1 aliphatic rings. The van der Waals surface area contributed by atoms with E-state index in [0.717, 1.165) is 31.1 Å². The Labute approximate surface area is 157 Å². The Kier molecular flexibility index (Phi) is 5.84. The molecule has 3 N–H and O–H groups in total. The summed E-state index contributed by atoms with van der Waals surface area (Å²) in [5, 5.41) is 4.12. The van der Waals surface area contributed by atoms with E-state index in [1.807, 2.05) is 0 Å². The van der Waals surface area contributed by atoms with Crippen LogP contribution in [0, 0.1) is 5.92 Å². The molecule has 3 rings (SSSR count). The van der Waals surface area contributed by atoms with E-state index >= 15 is 0 Å². The van der Waals surface area contributed by atoms with Gasteiger partial charge in [0.25, 0.3) is 0 Å². The molecule has 140 valence electrons. The summed E-state index contributed by atoms with van der Waals surface area (Å²) in [6, 6.07) is 5.24. The fraction of sp³-hybridized carbons (Fsp3) is 0.474. The molecule has 1 fully saturated rings. The topological polar surface area (TPSA) is 75.6 Å². The molecule has 1 aromatic carbocycles. The summed E-state index contributed by atoms with van der Waals surface area (Å²) in [5.74, 6) is 0.150. The number of hydrogen-bond donors (Lipinski definition) is 3. The average molecular weight is 379 g/mol. The third-order valence-electron chi connectivity index (χ3n) is 5.10. The number of quaternary nitrogens is 1. The largest absolute Gasteiger partial charge is 0.464 e. The minimum atomic E-state index is -0.525. The standard InChI is InChI=1S/C19H24ClN3O3/c1-12-5-8-23(9-6-12)10-7-16(24)22-17-14-11-13(20)3-4-15(14)21-18(17)19(25)26-2/h3-4,11-12,21H,5-10H2,1-2H3,(H,22,24)/p+1. The number of ether oxygens (including phenoxy) is 1. The average Bonchev–Trinajstić information content (AvgIpc) is 2.98. The summed E-state index contributed by atoms with van der Waals surface area (Å²) < 4.78 is 4.82. The number of amides is 1. The van der Waals surface area contributed by atoms with Crippen molar-refractivity contribution in [1.82, 2.24) is 4.98 Å². The maximum atomic E-state index is 12.5. The fourth-order valence-electron chi connectivity index (χ4n) is 3.46. The highest BCUT2D eigenvalue weighted by Crippen LogP contribution is 2.30. The molecule has 0 spiro atoms. The minimum Gasteiger partial charge on any atom is -0.464 e. The lowest BCUT2D eigenvalue weighted by atomic mass is 9.99. The quantitative estimate of drug-likeness (QED) is 0.698. The van der Waals surface area contributed by atoms with Gasteiger partial charge in [-0.2, -0.15) is 0 Å². The summed E-state index contributed by atoms with van der Waals surface area (Å²) in [4.78, 5) is 29.0. The number of fused-ring (bicyclic) bond motifs is 1. The highest BCUT2D eigenvalue weighted by molar-refractivity contribution is 6.31. The van der Waals surface area contributed by atoms with Crippen LogP contribution in [0.1, 0.15) is 36.7 Å². The van der Waals surface area contributed by atoms with E-state index in [9.17, 15) is 9.59 Å². The number of hydrogen-bond acceptors (Lipinski definition) is 3. The molecule has 6 nitrogen and oxygen atoms in total. The fourth-order valence-corrected chi connectivity index (χ4v) is 3.63. The summed E-state index contributed by atoms with van der Waals surface area (Å²) in [6.45, 7) is 5.31. The molecule has 0 bridgehead atoms. The second kappa shape index (κ2) is 8.10. The van der Waals surface area contributed by atoms with Crippen LogP contribution < -0.4 is 10.2 Å². The zero-order valence-electron chi connectivity index (χ0n) is 15.2. The van der Waals surface area contributed by atoms with Crippen LogP contribution in [-0.2, 0) is 9.53 Å². The predicted molar refractivity (Wildman–Crippen MR) is 102 cm³/mol. The lowest BCUT2D eigenvalue weighted by Crippen LogP contribution is -3.13. The van der Waals surface area contributed by atoms with E-state index < -0.39 is 5.97 Å². The van der Waals surface area contributed by atoms with Gasteiger partial charge in [0.15, 0.2) is 0 Å². The molecule has 0 aliphatic carbocycles. The van der Waals surface area contributed by atoms with E-state index in [2.05, 4.69) is 17.2 Å². The number of benzene rings is 1. The number of aromatic nitrogens is 1. The first-order valence-electron chi connectivity index (χ1n) is 9.01. The number of rotatable bonds is 5. The van der Waals surface area contributed by atoms with Gasteiger partial charge in [-0.1, -0.05) is 18.5 Å². The Morgan fingerprint density at radius 2 is 2.08 bits per heavy atom. The van der Waals surface area contributed by atoms with Crippen LogP contribution in [0.25, 0.3) is 10.9 Å². The van der Waals surface area contributed by atoms with Crippen molar-refractivity contribution in [3.05, 3.63) is 28.9 Å². The van der Waals surface area contributed by atoms with E-state index in [4.69, 9.17) is 16.3 Å². The number of carbonyl (C=O) groups is 2.